The second-order valence-corrected chi connectivity index (χ2v) is 8.47. The van der Waals surface area contributed by atoms with Crippen molar-refractivity contribution in [2.45, 2.75) is 31.0 Å². The minimum Gasteiger partial charge on any atom is -0.461 e. The Hall–Kier alpha value is -2.97. The normalized spacial score (nSPS) is 10.8. The van der Waals surface area contributed by atoms with Crippen LogP contribution < -0.4 is 0 Å². The van der Waals surface area contributed by atoms with Crippen LogP contribution in [0.1, 0.15) is 36.8 Å². The summed E-state index contributed by atoms with van der Waals surface area (Å²) in [6.07, 6.45) is 0. The van der Waals surface area contributed by atoms with Crippen molar-refractivity contribution in [3.8, 4) is 28.3 Å². The summed E-state index contributed by atoms with van der Waals surface area (Å²) in [6.45, 7) is 6.20. The van der Waals surface area contributed by atoms with E-state index in [9.17, 15) is 10.1 Å². The van der Waals surface area contributed by atoms with E-state index in [1.165, 1.54) is 0 Å². The molecule has 3 rings (SSSR count). The molecule has 1 heterocycles. The number of carbonyl (C=O) groups excluding carboxylic acids is 1. The van der Waals surface area contributed by atoms with E-state index in [0.717, 1.165) is 21.7 Å². The van der Waals surface area contributed by atoms with Gasteiger partial charge in [-0.1, -0.05) is 68.4 Å². The van der Waals surface area contributed by atoms with Crippen LogP contribution in [-0.2, 0) is 11.8 Å². The number of thioether (sulfide) groups is 1. The van der Waals surface area contributed by atoms with Crippen LogP contribution in [0.15, 0.2) is 59.6 Å². The number of hydrogen-bond donors (Lipinski definition) is 0. The van der Waals surface area contributed by atoms with Gasteiger partial charge in [-0.3, -0.25) is 0 Å². The molecule has 5 heteroatoms. The molecule has 0 bridgehead atoms. The van der Waals surface area contributed by atoms with Crippen LogP contribution in [0.5, 0.6) is 0 Å². The van der Waals surface area contributed by atoms with E-state index in [-0.39, 0.29) is 11.9 Å². The average molecular weight is 405 g/mol. The third kappa shape index (κ3) is 4.23. The van der Waals surface area contributed by atoms with Gasteiger partial charge in [0.05, 0.1) is 17.2 Å². The second-order valence-electron chi connectivity index (χ2n) is 6.91. The van der Waals surface area contributed by atoms with Gasteiger partial charge in [0, 0.05) is 17.9 Å². The number of carbonyl (C=O) groups is 1. The van der Waals surface area contributed by atoms with E-state index >= 15 is 0 Å². The quantitative estimate of drug-likeness (QED) is 0.379. The van der Waals surface area contributed by atoms with Gasteiger partial charge in [0.2, 0.25) is 0 Å². The predicted octanol–water partition coefficient (Wildman–Crippen LogP) is 5.91. The maximum absolute atomic E-state index is 12.8. The standard InChI is InChI=1S/C24H24N2O2S/c1-5-28-24(27)22-21(20(15-25)23(26(22)4)29-16(2)3)19-13-11-18(12-14-19)17-9-7-6-8-10-17/h6-14,16H,5H2,1-4H3. The predicted molar refractivity (Wildman–Crippen MR) is 118 cm³/mol. The lowest BCUT2D eigenvalue weighted by Crippen LogP contribution is -2.11. The first-order chi connectivity index (χ1) is 14.0. The molecule has 0 atom stereocenters. The number of hydrogen-bond acceptors (Lipinski definition) is 4. The summed E-state index contributed by atoms with van der Waals surface area (Å²) in [7, 11) is 1.82. The Balaban J connectivity index is 2.16. The highest BCUT2D eigenvalue weighted by molar-refractivity contribution is 7.99. The van der Waals surface area contributed by atoms with Crippen LogP contribution in [0.3, 0.4) is 0 Å². The van der Waals surface area contributed by atoms with Crippen molar-refractivity contribution in [3.63, 3.8) is 0 Å². The molecule has 0 aliphatic heterocycles. The van der Waals surface area contributed by atoms with E-state index in [1.54, 1.807) is 23.3 Å². The fourth-order valence-electron chi connectivity index (χ4n) is 3.31. The maximum atomic E-state index is 12.8. The molecule has 4 nitrogen and oxygen atoms in total. The molecule has 1 aromatic heterocycles. The molecular formula is C24H24N2O2S. The Kier molecular flexibility index (Phi) is 6.46. The zero-order chi connectivity index (χ0) is 21.0. The first kappa shape index (κ1) is 20.8. The fourth-order valence-corrected chi connectivity index (χ4v) is 4.27. The zero-order valence-corrected chi connectivity index (χ0v) is 17.9. The van der Waals surface area contributed by atoms with Gasteiger partial charge in [-0.05, 0) is 23.6 Å². The lowest BCUT2D eigenvalue weighted by molar-refractivity contribution is 0.0515. The number of ether oxygens (including phenoxy) is 1. The van der Waals surface area contributed by atoms with E-state index in [2.05, 4.69) is 32.0 Å². The number of benzene rings is 2. The fraction of sp³-hybridized carbons (Fsp3) is 0.250. The summed E-state index contributed by atoms with van der Waals surface area (Å²) < 4.78 is 7.10. The molecule has 0 unspecified atom stereocenters. The SMILES string of the molecule is CCOC(=O)c1c(-c2ccc(-c3ccccc3)cc2)c(C#N)c(SC(C)C)n1C. The average Bonchev–Trinajstić information content (AvgIpc) is 3.00. The second kappa shape index (κ2) is 9.02. The van der Waals surface area contributed by atoms with Crippen molar-refractivity contribution >= 4 is 17.7 Å². The molecule has 0 radical (unpaired) electrons. The molecule has 0 fully saturated rings. The number of rotatable bonds is 6. The van der Waals surface area contributed by atoms with Crippen LogP contribution in [0.4, 0.5) is 0 Å². The Labute approximate surface area is 176 Å². The molecule has 0 amide bonds. The van der Waals surface area contributed by atoms with Crippen LogP contribution in [0.2, 0.25) is 0 Å². The van der Waals surface area contributed by atoms with Crippen LogP contribution in [0, 0.1) is 11.3 Å². The molecule has 0 spiro atoms. The molecule has 0 aliphatic rings. The third-order valence-electron chi connectivity index (χ3n) is 4.55. The summed E-state index contributed by atoms with van der Waals surface area (Å²) in [5.74, 6) is -0.413. The summed E-state index contributed by atoms with van der Waals surface area (Å²) in [5, 5.41) is 11.0. The zero-order valence-electron chi connectivity index (χ0n) is 17.1. The molecule has 3 aromatic rings. The molecule has 0 aliphatic carbocycles. The van der Waals surface area contributed by atoms with Crippen molar-refractivity contribution in [2.24, 2.45) is 7.05 Å². The van der Waals surface area contributed by atoms with Crippen molar-refractivity contribution in [2.75, 3.05) is 6.61 Å². The highest BCUT2D eigenvalue weighted by Crippen LogP contribution is 2.39. The van der Waals surface area contributed by atoms with Gasteiger partial charge in [-0.2, -0.15) is 5.26 Å². The maximum Gasteiger partial charge on any atom is 0.355 e. The number of nitrogens with zero attached hydrogens (tertiary/aromatic N) is 2. The highest BCUT2D eigenvalue weighted by atomic mass is 32.2. The summed E-state index contributed by atoms with van der Waals surface area (Å²) in [5.41, 5.74) is 4.60. The Morgan fingerprint density at radius 3 is 2.21 bits per heavy atom. The first-order valence-electron chi connectivity index (χ1n) is 9.60. The van der Waals surface area contributed by atoms with E-state index < -0.39 is 5.97 Å². The Morgan fingerprint density at radius 1 is 1.07 bits per heavy atom. The molecular weight excluding hydrogens is 380 g/mol. The van der Waals surface area contributed by atoms with Gasteiger partial charge in [0.25, 0.3) is 0 Å². The largest absolute Gasteiger partial charge is 0.461 e. The molecule has 29 heavy (non-hydrogen) atoms. The van der Waals surface area contributed by atoms with E-state index in [1.807, 2.05) is 49.5 Å². The Morgan fingerprint density at radius 2 is 1.66 bits per heavy atom. The summed E-state index contributed by atoms with van der Waals surface area (Å²) >= 11 is 1.57. The molecule has 0 saturated heterocycles. The van der Waals surface area contributed by atoms with Crippen molar-refractivity contribution in [3.05, 3.63) is 65.9 Å². The van der Waals surface area contributed by atoms with E-state index in [0.29, 0.717) is 16.8 Å². The highest BCUT2D eigenvalue weighted by Gasteiger charge is 2.28. The molecule has 0 N–H and O–H groups in total. The van der Waals surface area contributed by atoms with E-state index in [4.69, 9.17) is 4.74 Å². The third-order valence-corrected chi connectivity index (χ3v) is 5.72. The lowest BCUT2D eigenvalue weighted by atomic mass is 9.98. The van der Waals surface area contributed by atoms with Crippen LogP contribution in [-0.4, -0.2) is 22.4 Å². The van der Waals surface area contributed by atoms with Gasteiger partial charge in [-0.25, -0.2) is 4.79 Å². The number of aromatic nitrogens is 1. The Bertz CT molecular complexity index is 1050. The summed E-state index contributed by atoms with van der Waals surface area (Å²) in [6, 6.07) is 20.4. The number of esters is 1. The minimum atomic E-state index is -0.413. The van der Waals surface area contributed by atoms with Crippen molar-refractivity contribution in [1.82, 2.24) is 4.57 Å². The van der Waals surface area contributed by atoms with Gasteiger partial charge in [0.1, 0.15) is 11.8 Å². The van der Waals surface area contributed by atoms with Gasteiger partial charge in [0.15, 0.2) is 0 Å². The lowest BCUT2D eigenvalue weighted by Gasteiger charge is -2.09. The molecule has 2 aromatic carbocycles. The minimum absolute atomic E-state index is 0.277. The number of nitriles is 1. The van der Waals surface area contributed by atoms with Gasteiger partial charge < -0.3 is 9.30 Å². The van der Waals surface area contributed by atoms with Gasteiger partial charge >= 0.3 is 5.97 Å². The van der Waals surface area contributed by atoms with Crippen molar-refractivity contribution in [1.29, 1.82) is 5.26 Å². The van der Waals surface area contributed by atoms with Gasteiger partial charge in [-0.15, -0.1) is 11.8 Å². The topological polar surface area (TPSA) is 55.0 Å². The van der Waals surface area contributed by atoms with Crippen LogP contribution >= 0.6 is 11.8 Å². The first-order valence-corrected chi connectivity index (χ1v) is 10.5. The van der Waals surface area contributed by atoms with Crippen molar-refractivity contribution < 1.29 is 9.53 Å². The summed E-state index contributed by atoms with van der Waals surface area (Å²) in [4.78, 5) is 12.8. The monoisotopic (exact) mass is 404 g/mol. The molecule has 148 valence electrons. The smallest absolute Gasteiger partial charge is 0.355 e. The van der Waals surface area contributed by atoms with Crippen LogP contribution in [0.25, 0.3) is 22.3 Å². The molecule has 0 saturated carbocycles.